The lowest BCUT2D eigenvalue weighted by molar-refractivity contribution is -0.385. The SMILES string of the molecule is Cc1cc([N+](=O)[O-])ccc1C(=O)Nc1cc2c(cc1O)C1(CC2(C)C)CC(C)(C)c2cc(NC(=O)c3ccc([N+](=O)[O-])cc3C)c(O)cc21. The van der Waals surface area contributed by atoms with Crippen molar-refractivity contribution >= 4 is 34.6 Å². The zero-order valence-corrected chi connectivity index (χ0v) is 27.9. The van der Waals surface area contributed by atoms with E-state index < -0.39 is 37.9 Å². The number of rotatable bonds is 6. The first kappa shape index (κ1) is 33.1. The fraction of sp³-hybridized carbons (Fsp3) is 0.297. The van der Waals surface area contributed by atoms with E-state index in [1.165, 1.54) is 36.4 Å². The van der Waals surface area contributed by atoms with Crippen LogP contribution in [0.2, 0.25) is 0 Å². The maximum Gasteiger partial charge on any atom is 0.269 e. The maximum atomic E-state index is 13.2. The summed E-state index contributed by atoms with van der Waals surface area (Å²) in [5, 5.41) is 50.5. The highest BCUT2D eigenvalue weighted by molar-refractivity contribution is 6.07. The van der Waals surface area contributed by atoms with Gasteiger partial charge in [-0.1, -0.05) is 27.7 Å². The number of nitro benzene ring substituents is 2. The van der Waals surface area contributed by atoms with Gasteiger partial charge in [0.2, 0.25) is 0 Å². The van der Waals surface area contributed by atoms with Crippen LogP contribution in [0.1, 0.15) is 94.6 Å². The van der Waals surface area contributed by atoms with Gasteiger partial charge in [0.05, 0.1) is 21.2 Å². The van der Waals surface area contributed by atoms with Crippen LogP contribution in [-0.4, -0.2) is 31.9 Å². The van der Waals surface area contributed by atoms with Gasteiger partial charge in [-0.2, -0.15) is 0 Å². The molecule has 0 saturated heterocycles. The molecule has 12 nitrogen and oxygen atoms in total. The number of fused-ring (bicyclic) bond motifs is 4. The van der Waals surface area contributed by atoms with Crippen LogP contribution in [0.3, 0.4) is 0 Å². The van der Waals surface area contributed by atoms with Gasteiger partial charge in [0, 0.05) is 40.8 Å². The number of non-ortho nitro benzene ring substituents is 2. The number of hydrogen-bond acceptors (Lipinski definition) is 8. The highest BCUT2D eigenvalue weighted by Crippen LogP contribution is 2.64. The molecule has 0 fully saturated rings. The molecule has 0 radical (unpaired) electrons. The molecule has 4 aromatic carbocycles. The number of nitro groups is 2. The van der Waals surface area contributed by atoms with Crippen LogP contribution in [0.5, 0.6) is 11.5 Å². The van der Waals surface area contributed by atoms with Gasteiger partial charge in [-0.25, -0.2) is 0 Å². The Morgan fingerprint density at radius 3 is 1.33 bits per heavy atom. The predicted molar refractivity (Wildman–Crippen MR) is 184 cm³/mol. The Hall–Kier alpha value is -5.78. The molecule has 49 heavy (non-hydrogen) atoms. The van der Waals surface area contributed by atoms with E-state index in [0.29, 0.717) is 24.0 Å². The highest BCUT2D eigenvalue weighted by Gasteiger charge is 2.57. The molecule has 12 heteroatoms. The fourth-order valence-corrected chi connectivity index (χ4v) is 7.99. The zero-order valence-electron chi connectivity index (χ0n) is 27.9. The molecule has 2 aliphatic rings. The number of aryl methyl sites for hydroxylation is 2. The standard InChI is InChI=1S/C37H36N4O8/c1-19-11-21(40(46)47)7-9-23(19)33(44)38-29-13-25-27(15-31(29)42)37(17-35(25,3)4)18-36(5,6)26-14-30(32(43)16-28(26)37)39-34(45)24-10-8-22(41(48)49)12-20(24)2/h7-16,42-43H,17-18H2,1-6H3,(H,38,44)(H,39,45). The molecule has 0 unspecified atom stereocenters. The van der Waals surface area contributed by atoms with E-state index in [9.17, 15) is 40.0 Å². The van der Waals surface area contributed by atoms with Gasteiger partial charge < -0.3 is 20.8 Å². The first-order chi connectivity index (χ1) is 22.8. The number of aromatic hydroxyl groups is 2. The van der Waals surface area contributed by atoms with E-state index in [0.717, 1.165) is 22.3 Å². The Morgan fingerprint density at radius 1 is 0.633 bits per heavy atom. The number of nitrogens with zero attached hydrogens (tertiary/aromatic N) is 2. The van der Waals surface area contributed by atoms with Gasteiger partial charge in [-0.15, -0.1) is 0 Å². The fourth-order valence-electron chi connectivity index (χ4n) is 7.99. The molecule has 0 aromatic heterocycles. The number of phenolic OH excluding ortho intramolecular Hbond substituents is 2. The van der Waals surface area contributed by atoms with E-state index in [4.69, 9.17) is 0 Å². The molecule has 4 N–H and O–H groups in total. The summed E-state index contributed by atoms with van der Waals surface area (Å²) in [6, 6.07) is 14.9. The van der Waals surface area contributed by atoms with Crippen molar-refractivity contribution in [1.82, 2.24) is 0 Å². The van der Waals surface area contributed by atoms with Crippen LogP contribution in [0, 0.1) is 34.1 Å². The maximum absolute atomic E-state index is 13.2. The van der Waals surface area contributed by atoms with Crippen molar-refractivity contribution < 1.29 is 29.6 Å². The second-order valence-corrected chi connectivity index (χ2v) is 14.5. The van der Waals surface area contributed by atoms with Crippen molar-refractivity contribution in [2.24, 2.45) is 0 Å². The Bertz CT molecular complexity index is 1980. The van der Waals surface area contributed by atoms with Gasteiger partial charge in [0.25, 0.3) is 23.2 Å². The lowest BCUT2D eigenvalue weighted by Crippen LogP contribution is -2.26. The summed E-state index contributed by atoms with van der Waals surface area (Å²) in [6.07, 6.45) is 1.30. The minimum absolute atomic E-state index is 0.124. The van der Waals surface area contributed by atoms with E-state index in [-0.39, 0.29) is 45.4 Å². The van der Waals surface area contributed by atoms with Crippen molar-refractivity contribution in [2.75, 3.05) is 10.6 Å². The second-order valence-electron chi connectivity index (χ2n) is 14.5. The summed E-state index contributed by atoms with van der Waals surface area (Å²) in [5.74, 6) is -1.30. The van der Waals surface area contributed by atoms with Crippen molar-refractivity contribution in [2.45, 2.75) is 70.6 Å². The van der Waals surface area contributed by atoms with Crippen LogP contribution in [0.25, 0.3) is 0 Å². The number of anilines is 2. The number of amides is 2. The van der Waals surface area contributed by atoms with Gasteiger partial charge >= 0.3 is 0 Å². The molecule has 6 rings (SSSR count). The third-order valence-electron chi connectivity index (χ3n) is 10.1. The first-order valence-corrected chi connectivity index (χ1v) is 15.7. The second kappa shape index (κ2) is 11.1. The molecule has 2 amide bonds. The van der Waals surface area contributed by atoms with Crippen molar-refractivity contribution in [3.05, 3.63) is 125 Å². The molecule has 0 aliphatic heterocycles. The normalized spacial score (nSPS) is 16.1. The number of benzene rings is 4. The van der Waals surface area contributed by atoms with E-state index in [1.54, 1.807) is 38.1 Å². The summed E-state index contributed by atoms with van der Waals surface area (Å²) in [5.41, 5.74) is 3.73. The Labute approximate surface area is 282 Å². The molecule has 0 bridgehead atoms. The Kier molecular flexibility index (Phi) is 7.54. The molecule has 1 spiro atoms. The topological polar surface area (TPSA) is 185 Å². The summed E-state index contributed by atoms with van der Waals surface area (Å²) in [4.78, 5) is 47.8. The summed E-state index contributed by atoms with van der Waals surface area (Å²) >= 11 is 0. The van der Waals surface area contributed by atoms with Gasteiger partial charge in [-0.05, 0) is 107 Å². The van der Waals surface area contributed by atoms with Gasteiger partial charge in [-0.3, -0.25) is 29.8 Å². The summed E-state index contributed by atoms with van der Waals surface area (Å²) in [7, 11) is 0. The van der Waals surface area contributed by atoms with Crippen molar-refractivity contribution in [3.8, 4) is 11.5 Å². The molecular formula is C37H36N4O8. The van der Waals surface area contributed by atoms with Crippen LogP contribution in [0.15, 0.2) is 60.7 Å². The third-order valence-corrected chi connectivity index (χ3v) is 10.1. The first-order valence-electron chi connectivity index (χ1n) is 15.7. The average Bonchev–Trinajstić information content (AvgIpc) is 3.35. The lowest BCUT2D eigenvalue weighted by Gasteiger charge is -2.30. The third kappa shape index (κ3) is 5.42. The molecule has 4 aromatic rings. The number of carbonyl (C=O) groups excluding carboxylic acids is 2. The number of nitrogens with one attached hydrogen (secondary N) is 2. The van der Waals surface area contributed by atoms with E-state index in [1.807, 2.05) is 0 Å². The molecule has 2 aliphatic carbocycles. The van der Waals surface area contributed by atoms with Crippen LogP contribution >= 0.6 is 0 Å². The van der Waals surface area contributed by atoms with Crippen LogP contribution in [-0.2, 0) is 16.2 Å². The number of hydrogen-bond donors (Lipinski definition) is 4. The predicted octanol–water partition coefficient (Wildman–Crippen LogP) is 7.68. The molecule has 252 valence electrons. The largest absolute Gasteiger partial charge is 0.506 e. The lowest BCUT2D eigenvalue weighted by atomic mass is 9.72. The number of carbonyl (C=O) groups is 2. The van der Waals surface area contributed by atoms with E-state index in [2.05, 4.69) is 38.3 Å². The highest BCUT2D eigenvalue weighted by atomic mass is 16.6. The Balaban J connectivity index is 1.36. The summed E-state index contributed by atoms with van der Waals surface area (Å²) in [6.45, 7) is 11.6. The minimum atomic E-state index is -0.596. The molecule has 0 heterocycles. The Morgan fingerprint density at radius 2 is 1.00 bits per heavy atom. The van der Waals surface area contributed by atoms with E-state index >= 15 is 0 Å². The monoisotopic (exact) mass is 664 g/mol. The quantitative estimate of drug-likeness (QED) is 0.0918. The average molecular weight is 665 g/mol. The van der Waals surface area contributed by atoms with Crippen molar-refractivity contribution in [1.29, 1.82) is 0 Å². The van der Waals surface area contributed by atoms with Crippen molar-refractivity contribution in [3.63, 3.8) is 0 Å². The van der Waals surface area contributed by atoms with Crippen LogP contribution < -0.4 is 10.6 Å². The zero-order chi connectivity index (χ0) is 35.8. The van der Waals surface area contributed by atoms with Crippen LogP contribution in [0.4, 0.5) is 22.7 Å². The molecule has 0 atom stereocenters. The molecular weight excluding hydrogens is 628 g/mol. The minimum Gasteiger partial charge on any atom is -0.506 e. The number of phenols is 2. The van der Waals surface area contributed by atoms with Gasteiger partial charge in [0.15, 0.2) is 0 Å². The molecule has 0 saturated carbocycles. The smallest absolute Gasteiger partial charge is 0.269 e. The van der Waals surface area contributed by atoms with Gasteiger partial charge in [0.1, 0.15) is 11.5 Å². The summed E-state index contributed by atoms with van der Waals surface area (Å²) < 4.78 is 0.